The minimum absolute atomic E-state index is 0.0458. The maximum atomic E-state index is 13.0. The molecule has 2 heterocycles. The average molecular weight is 394 g/mol. The molecule has 7 nitrogen and oxygen atoms in total. The van der Waals surface area contributed by atoms with Crippen LogP contribution in [0.15, 0.2) is 23.1 Å². The summed E-state index contributed by atoms with van der Waals surface area (Å²) in [4.78, 5) is 25.9. The first-order valence-electron chi connectivity index (χ1n) is 9.53. The van der Waals surface area contributed by atoms with Crippen molar-refractivity contribution in [3.05, 3.63) is 23.8 Å². The van der Waals surface area contributed by atoms with Crippen LogP contribution in [-0.2, 0) is 26.0 Å². The highest BCUT2D eigenvalue weighted by molar-refractivity contribution is 7.89. The van der Waals surface area contributed by atoms with E-state index in [0.29, 0.717) is 37.7 Å². The number of anilines is 1. The molecule has 1 saturated heterocycles. The molecule has 8 heteroatoms. The highest BCUT2D eigenvalue weighted by atomic mass is 32.2. The van der Waals surface area contributed by atoms with Gasteiger partial charge in [-0.05, 0) is 55.9 Å². The van der Waals surface area contributed by atoms with Crippen molar-refractivity contribution in [2.24, 2.45) is 5.92 Å². The van der Waals surface area contributed by atoms with Gasteiger partial charge in [-0.15, -0.1) is 0 Å². The highest BCUT2D eigenvalue weighted by Crippen LogP contribution is 2.31. The molecule has 2 aliphatic heterocycles. The number of rotatable bonds is 5. The fraction of sp³-hybridized carbons (Fsp3) is 0.579. The second-order valence-corrected chi connectivity index (χ2v) is 9.25. The van der Waals surface area contributed by atoms with Gasteiger partial charge in [-0.1, -0.05) is 6.92 Å². The summed E-state index contributed by atoms with van der Waals surface area (Å²) in [6.07, 6.45) is 2.51. The number of hydrogen-bond donors (Lipinski definition) is 1. The molecule has 27 heavy (non-hydrogen) atoms. The summed E-state index contributed by atoms with van der Waals surface area (Å²) in [5.41, 5.74) is 1.43. The molecule has 0 spiro atoms. The van der Waals surface area contributed by atoms with E-state index in [1.807, 2.05) is 6.92 Å². The molecule has 1 N–H and O–H groups in total. The lowest BCUT2D eigenvalue weighted by atomic mass is 10.0. The van der Waals surface area contributed by atoms with E-state index < -0.39 is 10.0 Å². The summed E-state index contributed by atoms with van der Waals surface area (Å²) >= 11 is 0. The molecule has 0 unspecified atom stereocenters. The van der Waals surface area contributed by atoms with Gasteiger partial charge in [-0.2, -0.15) is 4.31 Å². The lowest BCUT2D eigenvalue weighted by Gasteiger charge is -2.31. The van der Waals surface area contributed by atoms with Crippen LogP contribution in [0, 0.1) is 5.92 Å². The summed E-state index contributed by atoms with van der Waals surface area (Å²) in [7, 11) is -3.53. The maximum Gasteiger partial charge on any atom is 0.243 e. The zero-order valence-electron chi connectivity index (χ0n) is 15.9. The van der Waals surface area contributed by atoms with Crippen LogP contribution in [0.2, 0.25) is 0 Å². The zero-order valence-corrected chi connectivity index (χ0v) is 16.7. The van der Waals surface area contributed by atoms with Crippen molar-refractivity contribution in [1.29, 1.82) is 0 Å². The van der Waals surface area contributed by atoms with E-state index in [2.05, 4.69) is 12.2 Å². The van der Waals surface area contributed by atoms with Crippen LogP contribution in [-0.4, -0.2) is 50.7 Å². The molecule has 1 aromatic carbocycles. The second-order valence-electron chi connectivity index (χ2n) is 7.31. The summed E-state index contributed by atoms with van der Waals surface area (Å²) in [5.74, 6) is 0.209. The van der Waals surface area contributed by atoms with Crippen molar-refractivity contribution in [1.82, 2.24) is 9.62 Å². The monoisotopic (exact) mass is 393 g/mol. The Morgan fingerprint density at radius 2 is 1.93 bits per heavy atom. The average Bonchev–Trinajstić information content (AvgIpc) is 2.64. The number of hydrogen-bond acceptors (Lipinski definition) is 4. The first kappa shape index (κ1) is 19.8. The van der Waals surface area contributed by atoms with E-state index >= 15 is 0 Å². The lowest BCUT2D eigenvalue weighted by molar-refractivity contribution is -0.124. The number of benzene rings is 1. The van der Waals surface area contributed by atoms with E-state index in [0.717, 1.165) is 18.4 Å². The van der Waals surface area contributed by atoms with Gasteiger partial charge in [0.25, 0.3) is 0 Å². The van der Waals surface area contributed by atoms with Crippen molar-refractivity contribution in [3.63, 3.8) is 0 Å². The standard InChI is InChI=1S/C19H27N3O4S/c1-3-20-18(23)13-22-17-6-5-16(12-15(17)4-7-19(22)24)27(25,26)21-10-8-14(2)9-11-21/h5-6,12,14H,3-4,7-11,13H2,1-2H3,(H,20,23). The van der Waals surface area contributed by atoms with Crippen molar-refractivity contribution < 1.29 is 18.0 Å². The van der Waals surface area contributed by atoms with Crippen LogP contribution < -0.4 is 10.2 Å². The fourth-order valence-electron chi connectivity index (χ4n) is 3.64. The van der Waals surface area contributed by atoms with Gasteiger partial charge in [-0.25, -0.2) is 8.42 Å². The molecule has 0 aliphatic carbocycles. The Hall–Kier alpha value is -1.93. The van der Waals surface area contributed by atoms with E-state index in [1.54, 1.807) is 22.5 Å². The van der Waals surface area contributed by atoms with Crippen molar-refractivity contribution in [3.8, 4) is 0 Å². The summed E-state index contributed by atoms with van der Waals surface area (Å²) in [6.45, 7) is 5.51. The number of nitrogens with zero attached hydrogens (tertiary/aromatic N) is 2. The Labute approximate surface area is 160 Å². The molecule has 2 amide bonds. The number of likely N-dealkylation sites (N-methyl/N-ethyl adjacent to an activating group) is 1. The Kier molecular flexibility index (Phi) is 5.86. The van der Waals surface area contributed by atoms with E-state index in [-0.39, 0.29) is 29.7 Å². The Bertz CT molecular complexity index is 829. The maximum absolute atomic E-state index is 13.0. The molecule has 0 aromatic heterocycles. The molecular formula is C19H27N3O4S. The van der Waals surface area contributed by atoms with Crippen LogP contribution >= 0.6 is 0 Å². The van der Waals surface area contributed by atoms with Crippen LogP contribution in [0.4, 0.5) is 5.69 Å². The van der Waals surface area contributed by atoms with Crippen molar-refractivity contribution in [2.45, 2.75) is 44.4 Å². The number of aryl methyl sites for hydroxylation is 1. The smallest absolute Gasteiger partial charge is 0.243 e. The molecule has 0 radical (unpaired) electrons. The number of amides is 2. The number of nitrogens with one attached hydrogen (secondary N) is 1. The quantitative estimate of drug-likeness (QED) is 0.822. The number of piperidine rings is 1. The van der Waals surface area contributed by atoms with Gasteiger partial charge in [0.2, 0.25) is 21.8 Å². The number of sulfonamides is 1. The van der Waals surface area contributed by atoms with Crippen molar-refractivity contribution in [2.75, 3.05) is 31.1 Å². The molecule has 0 bridgehead atoms. The van der Waals surface area contributed by atoms with Crippen molar-refractivity contribution >= 4 is 27.5 Å². The SMILES string of the molecule is CCNC(=O)CN1C(=O)CCc2cc(S(=O)(=O)N3CCC(C)CC3)ccc21. The molecule has 3 rings (SSSR count). The molecule has 0 saturated carbocycles. The minimum Gasteiger partial charge on any atom is -0.355 e. The summed E-state index contributed by atoms with van der Waals surface area (Å²) in [6, 6.07) is 4.88. The molecule has 2 aliphatic rings. The van der Waals surface area contributed by atoms with Crippen LogP contribution in [0.25, 0.3) is 0 Å². The first-order chi connectivity index (χ1) is 12.8. The molecule has 1 aromatic rings. The van der Waals surface area contributed by atoms with E-state index in [9.17, 15) is 18.0 Å². The largest absolute Gasteiger partial charge is 0.355 e. The van der Waals surface area contributed by atoms with Crippen LogP contribution in [0.1, 0.15) is 38.7 Å². The van der Waals surface area contributed by atoms with Crippen LogP contribution in [0.3, 0.4) is 0 Å². The third-order valence-electron chi connectivity index (χ3n) is 5.31. The topological polar surface area (TPSA) is 86.8 Å². The molecule has 1 fully saturated rings. The Balaban J connectivity index is 1.86. The summed E-state index contributed by atoms with van der Waals surface area (Å²) in [5, 5.41) is 2.69. The molecular weight excluding hydrogens is 366 g/mol. The van der Waals surface area contributed by atoms with E-state index in [4.69, 9.17) is 0 Å². The van der Waals surface area contributed by atoms with Gasteiger partial charge in [0.05, 0.1) is 4.90 Å². The predicted octanol–water partition coefficient (Wildman–Crippen LogP) is 1.52. The van der Waals surface area contributed by atoms with Gasteiger partial charge in [0.15, 0.2) is 0 Å². The number of carbonyl (C=O) groups is 2. The van der Waals surface area contributed by atoms with Gasteiger partial charge in [0, 0.05) is 31.7 Å². The summed E-state index contributed by atoms with van der Waals surface area (Å²) < 4.78 is 27.5. The Morgan fingerprint density at radius 1 is 1.22 bits per heavy atom. The third kappa shape index (κ3) is 4.16. The first-order valence-corrected chi connectivity index (χ1v) is 11.0. The molecule has 148 valence electrons. The predicted molar refractivity (Wildman–Crippen MR) is 103 cm³/mol. The normalized spacial score (nSPS) is 19.0. The third-order valence-corrected chi connectivity index (χ3v) is 7.20. The molecule has 0 atom stereocenters. The Morgan fingerprint density at radius 3 is 2.59 bits per heavy atom. The number of fused-ring (bicyclic) bond motifs is 1. The van der Waals surface area contributed by atoms with Gasteiger partial charge >= 0.3 is 0 Å². The minimum atomic E-state index is -3.53. The zero-order chi connectivity index (χ0) is 19.6. The number of carbonyl (C=O) groups excluding carboxylic acids is 2. The van der Waals surface area contributed by atoms with Gasteiger partial charge < -0.3 is 10.2 Å². The highest BCUT2D eigenvalue weighted by Gasteiger charge is 2.31. The van der Waals surface area contributed by atoms with Gasteiger partial charge in [0.1, 0.15) is 6.54 Å². The van der Waals surface area contributed by atoms with E-state index in [1.165, 1.54) is 4.90 Å². The van der Waals surface area contributed by atoms with Crippen LogP contribution in [0.5, 0.6) is 0 Å². The second kappa shape index (κ2) is 7.98. The lowest BCUT2D eigenvalue weighted by Crippen LogP contribution is -2.43. The fourth-order valence-corrected chi connectivity index (χ4v) is 5.16. The van der Waals surface area contributed by atoms with Gasteiger partial charge in [-0.3, -0.25) is 9.59 Å².